The number of rotatable bonds is 2. The summed E-state index contributed by atoms with van der Waals surface area (Å²) in [6, 6.07) is 12.6. The van der Waals surface area contributed by atoms with Crippen LogP contribution in [0.2, 0.25) is 10.0 Å². The highest BCUT2D eigenvalue weighted by molar-refractivity contribution is 8.15. The number of anilines is 1. The number of carbonyl (C=O) groups excluding carboxylic acids is 1. The Kier molecular flexibility index (Phi) is 3.98. The minimum atomic E-state index is -3.30. The first-order valence-electron chi connectivity index (χ1n) is 6.33. The van der Waals surface area contributed by atoms with Crippen LogP contribution in [0.5, 0.6) is 0 Å². The summed E-state index contributed by atoms with van der Waals surface area (Å²) >= 11 is 12.0. The Labute approximate surface area is 137 Å². The molecule has 3 rings (SSSR count). The normalized spacial score (nSPS) is 21.3. The van der Waals surface area contributed by atoms with Gasteiger partial charge in [-0.25, -0.2) is 9.00 Å². The maximum Gasteiger partial charge on any atom is 0.199 e. The summed E-state index contributed by atoms with van der Waals surface area (Å²) in [5.41, 5.74) is 1.40. The van der Waals surface area contributed by atoms with E-state index in [9.17, 15) is 9.00 Å². The fourth-order valence-corrected chi connectivity index (χ4v) is 4.50. The molecule has 4 nitrogen and oxygen atoms in total. The van der Waals surface area contributed by atoms with E-state index in [4.69, 9.17) is 23.2 Å². The van der Waals surface area contributed by atoms with Crippen molar-refractivity contribution in [2.24, 2.45) is 4.99 Å². The molecule has 1 atom stereocenters. The first kappa shape index (κ1) is 15.1. The number of fused-ring (bicyclic) bond motifs is 1. The second kappa shape index (κ2) is 5.78. The summed E-state index contributed by atoms with van der Waals surface area (Å²) in [5, 5.41) is 4.86. The van der Waals surface area contributed by atoms with Gasteiger partial charge in [-0.2, -0.15) is 0 Å². The molecule has 2 aromatic carbocycles. The number of nitrogens with zero attached hydrogens (tertiary/aromatic N) is 1. The Hall–Kier alpha value is -1.78. The zero-order chi connectivity index (χ0) is 15.7. The number of hydrogen-bond donors (Lipinski definition) is 1. The second-order valence-corrected chi connectivity index (χ2v) is 7.47. The van der Waals surface area contributed by atoms with E-state index in [0.29, 0.717) is 12.2 Å². The molecule has 1 N–H and O–H groups in total. The van der Waals surface area contributed by atoms with Crippen molar-refractivity contribution in [1.82, 2.24) is 0 Å². The molecule has 7 heteroatoms. The van der Waals surface area contributed by atoms with E-state index in [2.05, 4.69) is 10.3 Å². The van der Waals surface area contributed by atoms with Gasteiger partial charge in [0.05, 0.1) is 27.2 Å². The Morgan fingerprint density at radius 2 is 1.86 bits per heavy atom. The summed E-state index contributed by atoms with van der Waals surface area (Å²) in [7, 11) is -3.30. The average molecular weight is 353 g/mol. The van der Waals surface area contributed by atoms with Gasteiger partial charge in [0.15, 0.2) is 10.4 Å². The molecule has 0 radical (unpaired) electrons. The minimum Gasteiger partial charge on any atom is -0.331 e. The predicted octanol–water partition coefficient (Wildman–Crippen LogP) is 3.69. The molecule has 0 fully saturated rings. The van der Waals surface area contributed by atoms with E-state index in [-0.39, 0.29) is 20.1 Å². The van der Waals surface area contributed by atoms with Crippen molar-refractivity contribution < 1.29 is 9.00 Å². The molecule has 22 heavy (non-hydrogen) atoms. The molecule has 2 aromatic rings. The van der Waals surface area contributed by atoms with E-state index in [1.54, 1.807) is 17.4 Å². The monoisotopic (exact) mass is 352 g/mol. The minimum absolute atomic E-state index is 0.0607. The zero-order valence-corrected chi connectivity index (χ0v) is 13.5. The molecule has 0 saturated carbocycles. The third kappa shape index (κ3) is 2.42. The molecule has 0 aliphatic carbocycles. The van der Waals surface area contributed by atoms with Crippen LogP contribution in [-0.2, 0) is 20.9 Å². The molecule has 0 bridgehead atoms. The Balaban J connectivity index is 2.08. The SMILES string of the molecule is O=C=S1(=O)C(=NCc2ccccc2)Nc2ccc(Cl)c(Cl)c21. The fourth-order valence-electron chi connectivity index (χ4n) is 2.15. The molecule has 0 saturated heterocycles. The standard InChI is InChI=1S/C15H10Cl2N2O2S/c16-11-6-7-12-14(13(11)17)22(21,9-20)15(19-12)18-8-10-4-2-1-3-5-10/h1-7H,8H2,(H,18,19). The van der Waals surface area contributed by atoms with Crippen molar-refractivity contribution in [1.29, 1.82) is 0 Å². The third-order valence-electron chi connectivity index (χ3n) is 3.22. The van der Waals surface area contributed by atoms with Crippen LogP contribution in [0.15, 0.2) is 52.4 Å². The van der Waals surface area contributed by atoms with Crippen LogP contribution in [0.1, 0.15) is 5.56 Å². The van der Waals surface area contributed by atoms with Crippen molar-refractivity contribution in [3.63, 3.8) is 0 Å². The second-order valence-electron chi connectivity index (χ2n) is 4.61. The largest absolute Gasteiger partial charge is 0.331 e. The van der Waals surface area contributed by atoms with Gasteiger partial charge in [0.25, 0.3) is 0 Å². The van der Waals surface area contributed by atoms with Crippen LogP contribution in [-0.4, -0.2) is 14.6 Å². The molecule has 1 unspecified atom stereocenters. The van der Waals surface area contributed by atoms with Crippen LogP contribution >= 0.6 is 23.2 Å². The van der Waals surface area contributed by atoms with Gasteiger partial charge in [-0.1, -0.05) is 53.5 Å². The molecule has 1 aliphatic heterocycles. The highest BCUT2D eigenvalue weighted by Gasteiger charge is 2.34. The van der Waals surface area contributed by atoms with Crippen molar-refractivity contribution in [2.45, 2.75) is 11.4 Å². The highest BCUT2D eigenvalue weighted by Crippen LogP contribution is 2.40. The van der Waals surface area contributed by atoms with Crippen molar-refractivity contribution in [2.75, 3.05) is 5.32 Å². The molecular formula is C15H10Cl2N2O2S. The smallest absolute Gasteiger partial charge is 0.199 e. The van der Waals surface area contributed by atoms with Crippen LogP contribution in [0.25, 0.3) is 0 Å². The number of benzene rings is 2. The zero-order valence-electron chi connectivity index (χ0n) is 11.2. The van der Waals surface area contributed by atoms with Gasteiger partial charge in [0.2, 0.25) is 0 Å². The van der Waals surface area contributed by atoms with Crippen LogP contribution in [0.3, 0.4) is 0 Å². The van der Waals surface area contributed by atoms with Crippen molar-refractivity contribution in [3.05, 3.63) is 58.1 Å². The van der Waals surface area contributed by atoms with E-state index in [1.165, 1.54) is 0 Å². The first-order valence-corrected chi connectivity index (χ1v) is 8.64. The maximum absolute atomic E-state index is 12.9. The van der Waals surface area contributed by atoms with Crippen molar-refractivity contribution >= 4 is 48.8 Å². The summed E-state index contributed by atoms with van der Waals surface area (Å²) in [4.78, 5) is 15.8. The van der Waals surface area contributed by atoms with Gasteiger partial charge in [0, 0.05) is 0 Å². The van der Waals surface area contributed by atoms with Gasteiger partial charge in [-0.3, -0.25) is 4.99 Å². The maximum atomic E-state index is 12.9. The third-order valence-corrected chi connectivity index (χ3v) is 6.14. The highest BCUT2D eigenvalue weighted by atomic mass is 35.5. The lowest BCUT2D eigenvalue weighted by Crippen LogP contribution is -2.16. The quantitative estimate of drug-likeness (QED) is 0.838. The number of aliphatic imine (C=N–C) groups is 1. The number of hydrogen-bond acceptors (Lipinski definition) is 3. The van der Waals surface area contributed by atoms with E-state index in [0.717, 1.165) is 5.56 Å². The molecule has 1 aliphatic rings. The Morgan fingerprint density at radius 1 is 1.14 bits per heavy atom. The summed E-state index contributed by atoms with van der Waals surface area (Å²) in [6.07, 6.45) is 0. The van der Waals surface area contributed by atoms with E-state index in [1.807, 2.05) is 30.3 Å². The summed E-state index contributed by atoms with van der Waals surface area (Å²) in [6.45, 7) is 0.293. The number of nitrogens with one attached hydrogen (secondary N) is 1. The van der Waals surface area contributed by atoms with Crippen molar-refractivity contribution in [3.8, 4) is 0 Å². The Morgan fingerprint density at radius 3 is 2.55 bits per heavy atom. The van der Waals surface area contributed by atoms with Crippen LogP contribution in [0.4, 0.5) is 5.69 Å². The van der Waals surface area contributed by atoms with Gasteiger partial charge < -0.3 is 5.32 Å². The van der Waals surface area contributed by atoms with Gasteiger partial charge >= 0.3 is 0 Å². The molecule has 0 aromatic heterocycles. The topological polar surface area (TPSA) is 58.5 Å². The van der Waals surface area contributed by atoms with Crippen LogP contribution in [0, 0.1) is 0 Å². The predicted molar refractivity (Wildman–Crippen MR) is 89.8 cm³/mol. The van der Waals surface area contributed by atoms with Gasteiger partial charge in [0.1, 0.15) is 9.52 Å². The molecule has 0 amide bonds. The Bertz CT molecular complexity index is 913. The first-order chi connectivity index (χ1) is 10.6. The van der Waals surface area contributed by atoms with Gasteiger partial charge in [-0.05, 0) is 17.7 Å². The molecule has 1 heterocycles. The van der Waals surface area contributed by atoms with Gasteiger partial charge in [-0.15, -0.1) is 0 Å². The molecule has 112 valence electrons. The fraction of sp³-hybridized carbons (Fsp3) is 0.0667. The summed E-state index contributed by atoms with van der Waals surface area (Å²) < 4.78 is 12.9. The lowest BCUT2D eigenvalue weighted by molar-refractivity contribution is 0.570. The van der Waals surface area contributed by atoms with Crippen LogP contribution < -0.4 is 5.32 Å². The summed E-state index contributed by atoms with van der Waals surface area (Å²) in [5.74, 6) is 0. The number of halogens is 2. The van der Waals surface area contributed by atoms with E-state index < -0.39 is 9.52 Å². The van der Waals surface area contributed by atoms with E-state index >= 15 is 0 Å². The molecule has 0 spiro atoms. The molecular weight excluding hydrogens is 343 g/mol. The lowest BCUT2D eigenvalue weighted by Gasteiger charge is -2.03. The number of amidine groups is 1. The lowest BCUT2D eigenvalue weighted by atomic mass is 10.2. The average Bonchev–Trinajstić information content (AvgIpc) is 2.83.